The summed E-state index contributed by atoms with van der Waals surface area (Å²) in [5.41, 5.74) is 1.28. The van der Waals surface area contributed by atoms with Gasteiger partial charge in [-0.15, -0.1) is 0 Å². The molecule has 5 nitrogen and oxygen atoms in total. The van der Waals surface area contributed by atoms with Crippen LogP contribution in [0.1, 0.15) is 76.2 Å². The molecule has 0 aromatic heterocycles. The Morgan fingerprint density at radius 2 is 1.85 bits per heavy atom. The molecule has 3 aliphatic rings. The standard InChI is InChI=1S/C21H27ClN2O3/c22-17-13-15-12-16-8-6-7-11-21(16,27-20(15)19(14-17)24(25)26)23-18-9-4-2-1-3-5-10-18/h12-14,18,23H,1-11H2. The molecule has 0 radical (unpaired) electrons. The predicted octanol–water partition coefficient (Wildman–Crippen LogP) is 6.00. The Balaban J connectivity index is 1.69. The van der Waals surface area contributed by atoms with Gasteiger partial charge >= 0.3 is 5.69 Å². The monoisotopic (exact) mass is 390 g/mol. The minimum absolute atomic E-state index is 0.0442. The maximum atomic E-state index is 11.6. The molecule has 4 rings (SSSR count). The molecule has 1 atom stereocenters. The number of hydrogen-bond acceptors (Lipinski definition) is 4. The lowest BCUT2D eigenvalue weighted by atomic mass is 9.82. The highest BCUT2D eigenvalue weighted by Crippen LogP contribution is 2.47. The Bertz CT molecular complexity index is 756. The van der Waals surface area contributed by atoms with Crippen LogP contribution in [0.3, 0.4) is 0 Å². The van der Waals surface area contributed by atoms with Crippen molar-refractivity contribution in [2.24, 2.45) is 0 Å². The molecule has 6 heteroatoms. The van der Waals surface area contributed by atoms with Crippen molar-refractivity contribution in [1.82, 2.24) is 5.32 Å². The highest BCUT2D eigenvalue weighted by molar-refractivity contribution is 6.31. The fraction of sp³-hybridized carbons (Fsp3) is 0.619. The molecular formula is C21H27ClN2O3. The van der Waals surface area contributed by atoms with Crippen molar-refractivity contribution < 1.29 is 9.66 Å². The Hall–Kier alpha value is -1.59. The van der Waals surface area contributed by atoms with Gasteiger partial charge in [0, 0.05) is 29.1 Å². The summed E-state index contributed by atoms with van der Waals surface area (Å²) < 4.78 is 6.47. The average molecular weight is 391 g/mol. The largest absolute Gasteiger partial charge is 0.461 e. The number of fused-ring (bicyclic) bond motifs is 2. The highest BCUT2D eigenvalue weighted by Gasteiger charge is 2.44. The van der Waals surface area contributed by atoms with Gasteiger partial charge in [-0.1, -0.05) is 43.7 Å². The van der Waals surface area contributed by atoms with Crippen molar-refractivity contribution in [2.75, 3.05) is 0 Å². The molecule has 1 aliphatic heterocycles. The summed E-state index contributed by atoms with van der Waals surface area (Å²) >= 11 is 6.12. The van der Waals surface area contributed by atoms with E-state index in [9.17, 15) is 10.1 Å². The third-order valence-corrected chi connectivity index (χ3v) is 6.37. The number of benzene rings is 1. The zero-order valence-electron chi connectivity index (χ0n) is 15.6. The minimum atomic E-state index is -0.603. The molecule has 1 N–H and O–H groups in total. The van der Waals surface area contributed by atoms with E-state index in [1.807, 2.05) is 0 Å². The molecule has 2 aliphatic carbocycles. The molecule has 1 heterocycles. The van der Waals surface area contributed by atoms with E-state index >= 15 is 0 Å². The maximum absolute atomic E-state index is 11.6. The first-order chi connectivity index (χ1) is 13.1. The summed E-state index contributed by atoms with van der Waals surface area (Å²) in [7, 11) is 0. The summed E-state index contributed by atoms with van der Waals surface area (Å²) in [6, 6.07) is 3.57. The molecule has 2 saturated carbocycles. The number of hydrogen-bond donors (Lipinski definition) is 1. The van der Waals surface area contributed by atoms with Gasteiger partial charge in [0.05, 0.1) is 4.92 Å². The summed E-state index contributed by atoms with van der Waals surface area (Å²) in [6.07, 6.45) is 14.8. The summed E-state index contributed by atoms with van der Waals surface area (Å²) in [4.78, 5) is 11.2. The topological polar surface area (TPSA) is 64.4 Å². The molecule has 0 amide bonds. The lowest BCUT2D eigenvalue weighted by molar-refractivity contribution is -0.386. The number of nitrogens with one attached hydrogen (secondary N) is 1. The smallest absolute Gasteiger partial charge is 0.313 e. The van der Waals surface area contributed by atoms with Crippen molar-refractivity contribution in [3.8, 4) is 5.75 Å². The van der Waals surface area contributed by atoms with Gasteiger partial charge in [0.2, 0.25) is 5.75 Å². The van der Waals surface area contributed by atoms with Crippen LogP contribution >= 0.6 is 11.6 Å². The average Bonchev–Trinajstić information content (AvgIpc) is 2.61. The molecular weight excluding hydrogens is 364 g/mol. The Morgan fingerprint density at radius 1 is 1.11 bits per heavy atom. The second-order valence-electron chi connectivity index (χ2n) is 8.09. The summed E-state index contributed by atoms with van der Waals surface area (Å²) in [6.45, 7) is 0. The SMILES string of the molecule is O=[N+]([O-])c1cc(Cl)cc2c1OC1(NC3CCCCCCC3)CCCCC1=C2. The molecule has 146 valence electrons. The van der Waals surface area contributed by atoms with Crippen molar-refractivity contribution in [3.05, 3.63) is 38.4 Å². The van der Waals surface area contributed by atoms with Gasteiger partial charge in [0.25, 0.3) is 0 Å². The van der Waals surface area contributed by atoms with Crippen LogP contribution in [0.2, 0.25) is 5.02 Å². The summed E-state index contributed by atoms with van der Waals surface area (Å²) in [5.74, 6) is 0.355. The van der Waals surface area contributed by atoms with Gasteiger partial charge in [0.15, 0.2) is 5.72 Å². The Kier molecular flexibility index (Phi) is 5.42. The van der Waals surface area contributed by atoms with E-state index < -0.39 is 10.6 Å². The normalized spacial score (nSPS) is 26.0. The third-order valence-electron chi connectivity index (χ3n) is 6.15. The van der Waals surface area contributed by atoms with Gasteiger partial charge in [0.1, 0.15) is 0 Å². The predicted molar refractivity (Wildman–Crippen MR) is 107 cm³/mol. The molecule has 27 heavy (non-hydrogen) atoms. The second-order valence-corrected chi connectivity index (χ2v) is 8.53. The first-order valence-corrected chi connectivity index (χ1v) is 10.6. The molecule has 1 unspecified atom stereocenters. The molecule has 1 aromatic carbocycles. The van der Waals surface area contributed by atoms with Crippen molar-refractivity contribution >= 4 is 23.4 Å². The van der Waals surface area contributed by atoms with E-state index in [0.29, 0.717) is 16.8 Å². The minimum Gasteiger partial charge on any atom is -0.461 e. The van der Waals surface area contributed by atoms with E-state index in [1.165, 1.54) is 43.7 Å². The van der Waals surface area contributed by atoms with Gasteiger partial charge in [-0.05, 0) is 49.8 Å². The van der Waals surface area contributed by atoms with Crippen LogP contribution < -0.4 is 10.1 Å². The Labute approximate surface area is 165 Å². The number of ether oxygens (including phenoxy) is 1. The Morgan fingerprint density at radius 3 is 2.59 bits per heavy atom. The van der Waals surface area contributed by atoms with E-state index in [0.717, 1.165) is 44.1 Å². The maximum Gasteiger partial charge on any atom is 0.313 e. The third kappa shape index (κ3) is 3.85. The van der Waals surface area contributed by atoms with Crippen LogP contribution in [0.15, 0.2) is 17.7 Å². The van der Waals surface area contributed by atoms with Gasteiger partial charge in [-0.25, -0.2) is 0 Å². The quantitative estimate of drug-likeness (QED) is 0.508. The number of rotatable bonds is 3. The molecule has 0 saturated heterocycles. The van der Waals surface area contributed by atoms with Crippen LogP contribution in [0.5, 0.6) is 5.75 Å². The molecule has 0 spiro atoms. The molecule has 1 aromatic rings. The van der Waals surface area contributed by atoms with Gasteiger partial charge in [-0.2, -0.15) is 0 Å². The number of nitro groups is 1. The van der Waals surface area contributed by atoms with Crippen molar-refractivity contribution in [3.63, 3.8) is 0 Å². The zero-order chi connectivity index (χ0) is 18.9. The number of halogens is 1. The highest BCUT2D eigenvalue weighted by atomic mass is 35.5. The lowest BCUT2D eigenvalue weighted by Gasteiger charge is -2.45. The summed E-state index contributed by atoms with van der Waals surface area (Å²) in [5, 5.41) is 15.8. The first-order valence-electron chi connectivity index (χ1n) is 10.2. The zero-order valence-corrected chi connectivity index (χ0v) is 16.4. The van der Waals surface area contributed by atoms with Crippen LogP contribution in [0, 0.1) is 10.1 Å². The second kappa shape index (κ2) is 7.80. The van der Waals surface area contributed by atoms with Gasteiger partial charge < -0.3 is 4.74 Å². The molecule has 0 bridgehead atoms. The van der Waals surface area contributed by atoms with Crippen molar-refractivity contribution in [2.45, 2.75) is 82.4 Å². The van der Waals surface area contributed by atoms with Crippen LogP contribution in [0.4, 0.5) is 5.69 Å². The fourth-order valence-corrected chi connectivity index (χ4v) is 5.02. The van der Waals surface area contributed by atoms with E-state index in [2.05, 4.69) is 11.4 Å². The first kappa shape index (κ1) is 18.8. The number of nitro benzene ring substituents is 1. The molecule has 2 fully saturated rings. The lowest BCUT2D eigenvalue weighted by Crippen LogP contribution is -2.58. The fourth-order valence-electron chi connectivity index (χ4n) is 4.80. The van der Waals surface area contributed by atoms with Crippen LogP contribution in [0.25, 0.3) is 6.08 Å². The van der Waals surface area contributed by atoms with E-state index in [-0.39, 0.29) is 5.69 Å². The van der Waals surface area contributed by atoms with Crippen LogP contribution in [-0.4, -0.2) is 16.7 Å². The number of nitrogens with zero attached hydrogens (tertiary/aromatic N) is 1. The van der Waals surface area contributed by atoms with Crippen molar-refractivity contribution in [1.29, 1.82) is 0 Å². The van der Waals surface area contributed by atoms with Crippen LogP contribution in [-0.2, 0) is 0 Å². The van der Waals surface area contributed by atoms with E-state index in [4.69, 9.17) is 16.3 Å². The van der Waals surface area contributed by atoms with E-state index in [1.54, 1.807) is 6.07 Å². The van der Waals surface area contributed by atoms with Gasteiger partial charge in [-0.3, -0.25) is 15.4 Å².